The molecule has 1 aliphatic heterocycles. The molecule has 0 spiro atoms. The zero-order valence-electron chi connectivity index (χ0n) is 15.2. The number of aromatic nitrogens is 2. The molecule has 0 unspecified atom stereocenters. The number of benzene rings is 3. The lowest BCUT2D eigenvalue weighted by atomic mass is 10.1. The zero-order valence-corrected chi connectivity index (χ0v) is 15.2. The van der Waals surface area contributed by atoms with Gasteiger partial charge in [-0.15, -0.1) is 0 Å². The lowest BCUT2D eigenvalue weighted by Gasteiger charge is -2.37. The maximum atomic E-state index is 4.93. The third-order valence-corrected chi connectivity index (χ3v) is 5.19. The molecule has 27 heavy (non-hydrogen) atoms. The Morgan fingerprint density at radius 2 is 1.44 bits per heavy atom. The number of nitrogens with zero attached hydrogens (tertiary/aromatic N) is 4. The second kappa shape index (κ2) is 6.89. The number of fused-ring (bicyclic) bond motifs is 3. The van der Waals surface area contributed by atoms with Gasteiger partial charge in [-0.3, -0.25) is 14.4 Å². The third kappa shape index (κ3) is 3.09. The molecule has 4 aromatic rings. The minimum Gasteiger partial charge on any atom is -0.298 e. The van der Waals surface area contributed by atoms with Gasteiger partial charge in [-0.1, -0.05) is 60.7 Å². The quantitative estimate of drug-likeness (QED) is 0.533. The molecule has 0 aliphatic carbocycles. The summed E-state index contributed by atoms with van der Waals surface area (Å²) in [5, 5.41) is 0. The maximum Gasteiger partial charge on any atom is 0.213 e. The van der Waals surface area contributed by atoms with E-state index in [1.54, 1.807) is 0 Å². The second-order valence-corrected chi connectivity index (χ2v) is 7.00. The summed E-state index contributed by atoms with van der Waals surface area (Å²) in [6.45, 7) is 2.73. The molecule has 0 radical (unpaired) electrons. The molecule has 0 saturated heterocycles. The van der Waals surface area contributed by atoms with Gasteiger partial charge < -0.3 is 0 Å². The standard InChI is InChI=1S/C23H22N4/c1-3-9-19(10-4-1)15-16-25-17-26(20-11-5-2-6-12-20)23-24-21-13-7-8-14-22(21)27(23)18-25/h1-14H,15-18H2. The van der Waals surface area contributed by atoms with Crippen LogP contribution < -0.4 is 4.90 Å². The van der Waals surface area contributed by atoms with Crippen LogP contribution in [0.4, 0.5) is 11.6 Å². The topological polar surface area (TPSA) is 24.3 Å². The molecule has 1 aromatic heterocycles. The molecule has 1 aliphatic rings. The molecule has 0 fully saturated rings. The Hall–Kier alpha value is -3.11. The summed E-state index contributed by atoms with van der Waals surface area (Å²) in [4.78, 5) is 9.73. The van der Waals surface area contributed by atoms with Crippen molar-refractivity contribution in [3.63, 3.8) is 0 Å². The van der Waals surface area contributed by atoms with E-state index in [0.717, 1.165) is 37.8 Å². The van der Waals surface area contributed by atoms with Gasteiger partial charge in [-0.25, -0.2) is 4.98 Å². The highest BCUT2D eigenvalue weighted by atomic mass is 15.5. The first-order valence-corrected chi connectivity index (χ1v) is 9.43. The van der Waals surface area contributed by atoms with Crippen LogP contribution in [-0.2, 0) is 13.1 Å². The van der Waals surface area contributed by atoms with Crippen LogP contribution in [0.1, 0.15) is 5.56 Å². The van der Waals surface area contributed by atoms with E-state index < -0.39 is 0 Å². The van der Waals surface area contributed by atoms with Crippen LogP contribution >= 0.6 is 0 Å². The van der Waals surface area contributed by atoms with Gasteiger partial charge in [0.05, 0.1) is 24.4 Å². The SMILES string of the molecule is c1ccc(CCN2CN(c3ccccc3)c3nc4ccccc4n3C2)cc1. The lowest BCUT2D eigenvalue weighted by Crippen LogP contribution is -2.43. The average molecular weight is 354 g/mol. The molecule has 0 saturated carbocycles. The van der Waals surface area contributed by atoms with Gasteiger partial charge in [0, 0.05) is 12.2 Å². The van der Waals surface area contributed by atoms with Crippen molar-refractivity contribution in [1.82, 2.24) is 14.5 Å². The molecule has 5 rings (SSSR count). The van der Waals surface area contributed by atoms with E-state index in [2.05, 4.69) is 99.3 Å². The number of para-hydroxylation sites is 3. The van der Waals surface area contributed by atoms with Gasteiger partial charge in [0.15, 0.2) is 0 Å². The molecule has 2 heterocycles. The fourth-order valence-corrected chi connectivity index (χ4v) is 3.79. The van der Waals surface area contributed by atoms with E-state index in [1.807, 2.05) is 0 Å². The second-order valence-electron chi connectivity index (χ2n) is 7.00. The summed E-state index contributed by atoms with van der Waals surface area (Å²) in [6, 6.07) is 29.7. The monoisotopic (exact) mass is 354 g/mol. The van der Waals surface area contributed by atoms with E-state index in [1.165, 1.54) is 16.8 Å². The summed E-state index contributed by atoms with van der Waals surface area (Å²) in [6.07, 6.45) is 1.05. The zero-order chi connectivity index (χ0) is 18.1. The number of imidazole rings is 1. The Kier molecular flexibility index (Phi) is 4.11. The normalized spacial score (nSPS) is 14.4. The van der Waals surface area contributed by atoms with E-state index in [0.29, 0.717) is 0 Å². The predicted octanol–water partition coefficient (Wildman–Crippen LogP) is 4.65. The first kappa shape index (κ1) is 16.1. The Bertz CT molecular complexity index is 1040. The summed E-state index contributed by atoms with van der Waals surface area (Å²) in [7, 11) is 0. The Labute approximate surface area is 159 Å². The van der Waals surface area contributed by atoms with Crippen LogP contribution in [0.25, 0.3) is 11.0 Å². The fourth-order valence-electron chi connectivity index (χ4n) is 3.79. The molecule has 4 nitrogen and oxygen atoms in total. The largest absolute Gasteiger partial charge is 0.298 e. The van der Waals surface area contributed by atoms with Crippen molar-refractivity contribution < 1.29 is 0 Å². The molecule has 0 bridgehead atoms. The summed E-state index contributed by atoms with van der Waals surface area (Å²) < 4.78 is 2.33. The van der Waals surface area contributed by atoms with Crippen LogP contribution in [0.2, 0.25) is 0 Å². The van der Waals surface area contributed by atoms with Crippen molar-refractivity contribution in [3.8, 4) is 0 Å². The van der Waals surface area contributed by atoms with Gasteiger partial charge >= 0.3 is 0 Å². The molecule has 4 heteroatoms. The van der Waals surface area contributed by atoms with Crippen LogP contribution in [0.15, 0.2) is 84.9 Å². The molecule has 3 aromatic carbocycles. The Morgan fingerprint density at radius 1 is 0.741 bits per heavy atom. The highest BCUT2D eigenvalue weighted by Crippen LogP contribution is 2.32. The molecule has 0 atom stereocenters. The van der Waals surface area contributed by atoms with Crippen molar-refractivity contribution in [1.29, 1.82) is 0 Å². The minimum absolute atomic E-state index is 0.847. The Balaban J connectivity index is 1.50. The van der Waals surface area contributed by atoms with Crippen molar-refractivity contribution in [2.45, 2.75) is 13.1 Å². The first-order chi connectivity index (χ1) is 13.4. The summed E-state index contributed by atoms with van der Waals surface area (Å²) >= 11 is 0. The average Bonchev–Trinajstić information content (AvgIpc) is 3.12. The molecule has 134 valence electrons. The summed E-state index contributed by atoms with van der Waals surface area (Å²) in [5.41, 5.74) is 4.81. The van der Waals surface area contributed by atoms with Crippen LogP contribution in [-0.4, -0.2) is 27.7 Å². The van der Waals surface area contributed by atoms with Gasteiger partial charge in [-0.2, -0.15) is 0 Å². The van der Waals surface area contributed by atoms with E-state index in [4.69, 9.17) is 4.98 Å². The smallest absolute Gasteiger partial charge is 0.213 e. The third-order valence-electron chi connectivity index (χ3n) is 5.19. The van der Waals surface area contributed by atoms with Crippen LogP contribution in [0.5, 0.6) is 0 Å². The van der Waals surface area contributed by atoms with Crippen molar-refractivity contribution in [2.24, 2.45) is 0 Å². The van der Waals surface area contributed by atoms with E-state index in [-0.39, 0.29) is 0 Å². The highest BCUT2D eigenvalue weighted by Gasteiger charge is 2.26. The number of hydrogen-bond acceptors (Lipinski definition) is 3. The fraction of sp³-hybridized carbons (Fsp3) is 0.174. The number of anilines is 2. The van der Waals surface area contributed by atoms with Crippen molar-refractivity contribution >= 4 is 22.7 Å². The highest BCUT2D eigenvalue weighted by molar-refractivity contribution is 5.80. The number of rotatable bonds is 4. The molecule has 0 N–H and O–H groups in total. The molecular formula is C23H22N4. The van der Waals surface area contributed by atoms with Gasteiger partial charge in [0.1, 0.15) is 0 Å². The van der Waals surface area contributed by atoms with Crippen LogP contribution in [0, 0.1) is 0 Å². The predicted molar refractivity (Wildman–Crippen MR) is 110 cm³/mol. The van der Waals surface area contributed by atoms with Gasteiger partial charge in [0.2, 0.25) is 5.95 Å². The lowest BCUT2D eigenvalue weighted by molar-refractivity contribution is 0.210. The van der Waals surface area contributed by atoms with Crippen molar-refractivity contribution in [3.05, 3.63) is 90.5 Å². The van der Waals surface area contributed by atoms with Crippen LogP contribution in [0.3, 0.4) is 0 Å². The van der Waals surface area contributed by atoms with Gasteiger partial charge in [0.25, 0.3) is 0 Å². The molecule has 0 amide bonds. The van der Waals surface area contributed by atoms with E-state index in [9.17, 15) is 0 Å². The summed E-state index contributed by atoms with van der Waals surface area (Å²) in [5.74, 6) is 1.03. The molecular weight excluding hydrogens is 332 g/mol. The van der Waals surface area contributed by atoms with E-state index >= 15 is 0 Å². The van der Waals surface area contributed by atoms with Gasteiger partial charge in [-0.05, 0) is 36.2 Å². The first-order valence-electron chi connectivity index (χ1n) is 9.43. The number of hydrogen-bond donors (Lipinski definition) is 0. The minimum atomic E-state index is 0.847. The Morgan fingerprint density at radius 3 is 2.26 bits per heavy atom. The van der Waals surface area contributed by atoms with Crippen molar-refractivity contribution in [2.75, 3.05) is 18.1 Å². The maximum absolute atomic E-state index is 4.93.